The summed E-state index contributed by atoms with van der Waals surface area (Å²) < 4.78 is 16.9. The molecule has 0 aromatic heterocycles. The highest BCUT2D eigenvalue weighted by atomic mass is 16.6. The second kappa shape index (κ2) is 66.8. The van der Waals surface area contributed by atoms with Crippen molar-refractivity contribution in [3.05, 3.63) is 97.2 Å². The summed E-state index contributed by atoms with van der Waals surface area (Å²) in [5.41, 5.74) is 0. The second-order valence-corrected chi connectivity index (χ2v) is 22.3. The average Bonchev–Trinajstić information content (AvgIpc) is 3.45. The van der Waals surface area contributed by atoms with Crippen LogP contribution in [0.3, 0.4) is 0 Å². The monoisotopic (exact) mass is 1100 g/mol. The lowest BCUT2D eigenvalue weighted by Crippen LogP contribution is -2.30. The average molecular weight is 1100 g/mol. The van der Waals surface area contributed by atoms with E-state index < -0.39 is 6.10 Å². The van der Waals surface area contributed by atoms with Crippen molar-refractivity contribution in [2.24, 2.45) is 0 Å². The first-order valence-electron chi connectivity index (χ1n) is 33.7. The number of carbonyl (C=O) groups is 3. The highest BCUT2D eigenvalue weighted by Gasteiger charge is 2.19. The van der Waals surface area contributed by atoms with Gasteiger partial charge in [0, 0.05) is 19.3 Å². The van der Waals surface area contributed by atoms with E-state index in [1.54, 1.807) is 0 Å². The van der Waals surface area contributed by atoms with Crippen LogP contribution in [0.15, 0.2) is 97.2 Å². The van der Waals surface area contributed by atoms with Crippen LogP contribution < -0.4 is 0 Å². The molecular weight excluding hydrogens is 973 g/mol. The van der Waals surface area contributed by atoms with Gasteiger partial charge in [0.2, 0.25) is 0 Å². The number of ether oxygens (including phenoxy) is 3. The Kier molecular flexibility index (Phi) is 63.7. The van der Waals surface area contributed by atoms with Crippen LogP contribution in [0, 0.1) is 0 Å². The molecule has 1 atom stereocenters. The van der Waals surface area contributed by atoms with Gasteiger partial charge in [-0.15, -0.1) is 0 Å². The van der Waals surface area contributed by atoms with Gasteiger partial charge in [-0.3, -0.25) is 14.4 Å². The predicted molar refractivity (Wildman–Crippen MR) is 344 cm³/mol. The van der Waals surface area contributed by atoms with E-state index in [1.807, 2.05) is 0 Å². The van der Waals surface area contributed by atoms with Crippen molar-refractivity contribution < 1.29 is 28.6 Å². The fourth-order valence-electron chi connectivity index (χ4n) is 9.60. The third-order valence-corrected chi connectivity index (χ3v) is 14.6. The normalized spacial score (nSPS) is 12.7. The maximum absolute atomic E-state index is 12.9. The molecule has 79 heavy (non-hydrogen) atoms. The van der Waals surface area contributed by atoms with E-state index in [2.05, 4.69) is 118 Å². The Morgan fingerprint density at radius 2 is 0.494 bits per heavy atom. The molecule has 0 aromatic rings. The van der Waals surface area contributed by atoms with E-state index in [0.717, 1.165) is 109 Å². The molecule has 0 amide bonds. The van der Waals surface area contributed by atoms with E-state index in [0.29, 0.717) is 19.3 Å². The van der Waals surface area contributed by atoms with Gasteiger partial charge >= 0.3 is 17.9 Å². The zero-order valence-electron chi connectivity index (χ0n) is 52.1. The summed E-state index contributed by atoms with van der Waals surface area (Å²) in [5.74, 6) is -0.868. The molecule has 0 fully saturated rings. The quantitative estimate of drug-likeness (QED) is 0.0261. The molecule has 1 unspecified atom stereocenters. The molecule has 0 radical (unpaired) electrons. The number of esters is 3. The van der Waals surface area contributed by atoms with Crippen molar-refractivity contribution in [2.45, 2.75) is 335 Å². The smallest absolute Gasteiger partial charge is 0.306 e. The minimum absolute atomic E-state index is 0.0740. The zero-order valence-corrected chi connectivity index (χ0v) is 52.1. The highest BCUT2D eigenvalue weighted by molar-refractivity contribution is 5.71. The van der Waals surface area contributed by atoms with Crippen LogP contribution in [0.4, 0.5) is 0 Å². The lowest BCUT2D eigenvalue weighted by Gasteiger charge is -2.18. The Balaban J connectivity index is 4.08. The lowest BCUT2D eigenvalue weighted by molar-refractivity contribution is -0.167. The third-order valence-electron chi connectivity index (χ3n) is 14.6. The summed E-state index contributed by atoms with van der Waals surface area (Å²) in [7, 11) is 0. The Morgan fingerprint density at radius 1 is 0.266 bits per heavy atom. The van der Waals surface area contributed by atoms with E-state index in [9.17, 15) is 14.4 Å². The fourth-order valence-corrected chi connectivity index (χ4v) is 9.60. The third kappa shape index (κ3) is 65.0. The first kappa shape index (κ1) is 75.3. The van der Waals surface area contributed by atoms with Gasteiger partial charge in [-0.2, -0.15) is 0 Å². The molecule has 0 N–H and O–H groups in total. The van der Waals surface area contributed by atoms with Crippen LogP contribution in [-0.2, 0) is 28.6 Å². The van der Waals surface area contributed by atoms with Crippen molar-refractivity contribution in [3.63, 3.8) is 0 Å². The van der Waals surface area contributed by atoms with E-state index in [-0.39, 0.29) is 31.1 Å². The molecule has 454 valence electrons. The van der Waals surface area contributed by atoms with Gasteiger partial charge in [-0.1, -0.05) is 311 Å². The minimum atomic E-state index is -0.775. The number of allylic oxidation sites excluding steroid dienone is 16. The van der Waals surface area contributed by atoms with Gasteiger partial charge in [0.1, 0.15) is 13.2 Å². The Hall–Kier alpha value is -3.67. The van der Waals surface area contributed by atoms with Crippen molar-refractivity contribution >= 4 is 17.9 Å². The number of rotatable bonds is 61. The Morgan fingerprint density at radius 3 is 0.772 bits per heavy atom. The standard InChI is InChI=1S/C73H126O6/c1-4-7-10-13-16-18-20-22-24-26-28-30-32-34-36-38-40-42-44-46-48-50-52-54-57-60-63-66-72(75)78-69-70(68-77-71(74)65-62-59-56-15-12-9-6-3)79-73(76)67-64-61-58-55-53-51-49-47-45-43-41-39-37-35-33-31-29-27-25-23-21-19-17-14-11-8-5-2/h7-8,10-11,16-19,22-25,28-31,70H,4-6,9,12-15,20-21,26-27,32-69H2,1-3H3/b10-7-,11-8-,18-16-,19-17-,24-22-,25-23-,30-28-,31-29-. The maximum Gasteiger partial charge on any atom is 0.306 e. The summed E-state index contributed by atoms with van der Waals surface area (Å²) >= 11 is 0. The SMILES string of the molecule is CC/C=C\C/C=C\C/C=C\C/C=C\CCCCCCCCCCCCCCCCC(=O)OCC(COC(=O)CCCCCCCCC)OC(=O)CCCCCCCCCCCCCCCC/C=C\C/C=C\C/C=C\C/C=C\CC. The van der Waals surface area contributed by atoms with Gasteiger partial charge in [-0.25, -0.2) is 0 Å². The number of carbonyl (C=O) groups excluding carboxylic acids is 3. The summed E-state index contributed by atoms with van der Waals surface area (Å²) in [6, 6.07) is 0. The molecule has 0 heterocycles. The molecule has 0 aliphatic heterocycles. The predicted octanol–water partition coefficient (Wildman–Crippen LogP) is 23.2. The zero-order chi connectivity index (χ0) is 57.1. The summed E-state index contributed by atoms with van der Waals surface area (Å²) in [4.78, 5) is 38.2. The first-order valence-corrected chi connectivity index (χ1v) is 33.7. The van der Waals surface area contributed by atoms with Crippen LogP contribution in [0.2, 0.25) is 0 Å². The van der Waals surface area contributed by atoms with Gasteiger partial charge in [-0.05, 0) is 96.3 Å². The fraction of sp³-hybridized carbons (Fsp3) is 0.740. The molecule has 0 spiro atoms. The Labute approximate surface area is 489 Å². The van der Waals surface area contributed by atoms with Gasteiger partial charge < -0.3 is 14.2 Å². The van der Waals surface area contributed by atoms with E-state index in [1.165, 1.54) is 180 Å². The largest absolute Gasteiger partial charge is 0.462 e. The molecular formula is C73H126O6. The number of unbranched alkanes of at least 4 members (excludes halogenated alkanes) is 34. The van der Waals surface area contributed by atoms with Crippen molar-refractivity contribution in [1.82, 2.24) is 0 Å². The highest BCUT2D eigenvalue weighted by Crippen LogP contribution is 2.17. The molecule has 0 rings (SSSR count). The summed E-state index contributed by atoms with van der Waals surface area (Å²) in [6.45, 7) is 6.41. The van der Waals surface area contributed by atoms with Crippen molar-refractivity contribution in [2.75, 3.05) is 13.2 Å². The number of hydrogen-bond acceptors (Lipinski definition) is 6. The van der Waals surface area contributed by atoms with Crippen LogP contribution in [0.25, 0.3) is 0 Å². The molecule has 0 bridgehead atoms. The molecule has 0 aliphatic carbocycles. The van der Waals surface area contributed by atoms with Crippen LogP contribution in [0.1, 0.15) is 329 Å². The number of hydrogen-bond donors (Lipinski definition) is 0. The van der Waals surface area contributed by atoms with E-state index >= 15 is 0 Å². The molecule has 0 saturated carbocycles. The van der Waals surface area contributed by atoms with Crippen LogP contribution in [-0.4, -0.2) is 37.2 Å². The first-order chi connectivity index (χ1) is 39.0. The maximum atomic E-state index is 12.9. The van der Waals surface area contributed by atoms with Crippen LogP contribution >= 0.6 is 0 Å². The Bertz CT molecular complexity index is 1540. The van der Waals surface area contributed by atoms with Crippen molar-refractivity contribution in [3.8, 4) is 0 Å². The van der Waals surface area contributed by atoms with Gasteiger partial charge in [0.05, 0.1) is 0 Å². The lowest BCUT2D eigenvalue weighted by atomic mass is 10.0. The topological polar surface area (TPSA) is 78.9 Å². The van der Waals surface area contributed by atoms with Gasteiger partial charge in [0.25, 0.3) is 0 Å². The molecule has 6 heteroatoms. The molecule has 0 aromatic carbocycles. The summed E-state index contributed by atoms with van der Waals surface area (Å²) in [6.07, 6.45) is 90.3. The second-order valence-electron chi connectivity index (χ2n) is 22.3. The van der Waals surface area contributed by atoms with Crippen molar-refractivity contribution in [1.29, 1.82) is 0 Å². The van der Waals surface area contributed by atoms with Crippen LogP contribution in [0.5, 0.6) is 0 Å². The molecule has 0 aliphatic rings. The molecule has 6 nitrogen and oxygen atoms in total. The summed E-state index contributed by atoms with van der Waals surface area (Å²) in [5, 5.41) is 0. The van der Waals surface area contributed by atoms with Gasteiger partial charge in [0.15, 0.2) is 6.10 Å². The minimum Gasteiger partial charge on any atom is -0.462 e. The van der Waals surface area contributed by atoms with E-state index in [4.69, 9.17) is 14.2 Å². The molecule has 0 saturated heterocycles.